The molecule has 4 nitrogen and oxygen atoms in total. The third-order valence-electron chi connectivity index (χ3n) is 2.01. The Hall–Kier alpha value is -0.940. The lowest BCUT2D eigenvalue weighted by Crippen LogP contribution is -2.23. The minimum atomic E-state index is -0.407. The molecule has 1 aromatic rings. The summed E-state index contributed by atoms with van der Waals surface area (Å²) in [6.07, 6.45) is 3.39. The van der Waals surface area contributed by atoms with E-state index < -0.39 is 5.82 Å². The normalized spacial score (nSPS) is 20.2. The fraction of sp³-hybridized carbons (Fsp3) is 0.500. The molecule has 0 aromatic carbocycles. The summed E-state index contributed by atoms with van der Waals surface area (Å²) in [4.78, 5) is 7.63. The maximum atomic E-state index is 12.4. The summed E-state index contributed by atoms with van der Waals surface area (Å²) in [5.41, 5.74) is 0. The third-order valence-corrected chi connectivity index (χ3v) is 2.01. The van der Waals surface area contributed by atoms with Gasteiger partial charge < -0.3 is 10.6 Å². The van der Waals surface area contributed by atoms with Crippen LogP contribution in [0.3, 0.4) is 0 Å². The second-order valence-electron chi connectivity index (χ2n) is 3.06. The molecule has 78 valence electrons. The minimum absolute atomic E-state index is 0. The molecule has 0 spiro atoms. The van der Waals surface area contributed by atoms with Gasteiger partial charge in [-0.2, -0.15) is 0 Å². The molecule has 2 heterocycles. The Kier molecular flexibility index (Phi) is 4.03. The highest BCUT2D eigenvalue weighted by Crippen LogP contribution is 2.05. The van der Waals surface area contributed by atoms with Crippen LogP contribution in [0.4, 0.5) is 10.3 Å². The van der Waals surface area contributed by atoms with Gasteiger partial charge in [0.1, 0.15) is 0 Å². The van der Waals surface area contributed by atoms with E-state index in [1.54, 1.807) is 0 Å². The predicted octanol–water partition coefficient (Wildman–Crippen LogP) is 0.811. The summed E-state index contributed by atoms with van der Waals surface area (Å²) in [5.74, 6) is 0.0881. The molecule has 1 fully saturated rings. The fourth-order valence-corrected chi connectivity index (χ4v) is 1.35. The average Bonchev–Trinajstić information content (AvgIpc) is 2.62. The van der Waals surface area contributed by atoms with Crippen LogP contribution in [0.15, 0.2) is 12.4 Å². The molecule has 0 saturated carbocycles. The second kappa shape index (κ2) is 5.07. The molecule has 1 saturated heterocycles. The summed E-state index contributed by atoms with van der Waals surface area (Å²) in [6.45, 7) is 1.93. The summed E-state index contributed by atoms with van der Waals surface area (Å²) < 4.78 is 12.4. The van der Waals surface area contributed by atoms with Gasteiger partial charge in [0.25, 0.3) is 0 Å². The molecule has 1 aliphatic rings. The van der Waals surface area contributed by atoms with Crippen LogP contribution in [0.1, 0.15) is 6.42 Å². The molecule has 0 unspecified atom stereocenters. The van der Waals surface area contributed by atoms with Gasteiger partial charge in [-0.25, -0.2) is 14.4 Å². The summed E-state index contributed by atoms with van der Waals surface area (Å²) in [5, 5.41) is 6.33. The van der Waals surface area contributed by atoms with E-state index in [2.05, 4.69) is 20.6 Å². The van der Waals surface area contributed by atoms with E-state index in [-0.39, 0.29) is 12.4 Å². The topological polar surface area (TPSA) is 49.8 Å². The summed E-state index contributed by atoms with van der Waals surface area (Å²) in [7, 11) is 0. The van der Waals surface area contributed by atoms with Crippen LogP contribution in [-0.4, -0.2) is 29.1 Å². The van der Waals surface area contributed by atoms with Gasteiger partial charge >= 0.3 is 0 Å². The van der Waals surface area contributed by atoms with Crippen LogP contribution in [-0.2, 0) is 0 Å². The molecular formula is C8H12ClFN4. The lowest BCUT2D eigenvalue weighted by atomic mass is 10.3. The minimum Gasteiger partial charge on any atom is -0.350 e. The maximum Gasteiger partial charge on any atom is 0.223 e. The predicted molar refractivity (Wildman–Crippen MR) is 54.1 cm³/mol. The molecular weight excluding hydrogens is 207 g/mol. The number of nitrogens with one attached hydrogen (secondary N) is 2. The average molecular weight is 219 g/mol. The lowest BCUT2D eigenvalue weighted by Gasteiger charge is -2.09. The van der Waals surface area contributed by atoms with Crippen LogP contribution >= 0.6 is 12.4 Å². The van der Waals surface area contributed by atoms with Gasteiger partial charge in [0.2, 0.25) is 5.95 Å². The van der Waals surface area contributed by atoms with E-state index >= 15 is 0 Å². The first-order chi connectivity index (χ1) is 6.34. The van der Waals surface area contributed by atoms with E-state index in [0.29, 0.717) is 12.0 Å². The third kappa shape index (κ3) is 2.78. The molecule has 0 bridgehead atoms. The number of aromatic nitrogens is 2. The van der Waals surface area contributed by atoms with E-state index in [4.69, 9.17) is 0 Å². The van der Waals surface area contributed by atoms with Gasteiger partial charge in [0.15, 0.2) is 5.82 Å². The first-order valence-corrected chi connectivity index (χ1v) is 4.29. The van der Waals surface area contributed by atoms with Gasteiger partial charge in [-0.05, 0) is 13.0 Å². The van der Waals surface area contributed by atoms with Gasteiger partial charge in [0.05, 0.1) is 12.4 Å². The van der Waals surface area contributed by atoms with Gasteiger partial charge in [0, 0.05) is 12.6 Å². The molecule has 6 heteroatoms. The molecule has 1 atom stereocenters. The summed E-state index contributed by atoms with van der Waals surface area (Å²) in [6, 6.07) is 0.366. The number of anilines is 1. The van der Waals surface area contributed by atoms with Crippen molar-refractivity contribution in [3.63, 3.8) is 0 Å². The molecule has 2 N–H and O–H groups in total. The number of hydrogen-bond acceptors (Lipinski definition) is 4. The first kappa shape index (κ1) is 11.1. The van der Waals surface area contributed by atoms with Crippen molar-refractivity contribution >= 4 is 18.4 Å². The van der Waals surface area contributed by atoms with Crippen molar-refractivity contribution in [2.45, 2.75) is 12.5 Å². The first-order valence-electron chi connectivity index (χ1n) is 4.29. The van der Waals surface area contributed by atoms with E-state index in [9.17, 15) is 4.39 Å². The molecule has 0 aliphatic carbocycles. The molecule has 14 heavy (non-hydrogen) atoms. The number of hydrogen-bond donors (Lipinski definition) is 2. The van der Waals surface area contributed by atoms with Gasteiger partial charge in [-0.1, -0.05) is 0 Å². The highest BCUT2D eigenvalue weighted by Gasteiger charge is 2.14. The number of rotatable bonds is 2. The van der Waals surface area contributed by atoms with Crippen molar-refractivity contribution in [3.8, 4) is 0 Å². The second-order valence-corrected chi connectivity index (χ2v) is 3.06. The lowest BCUT2D eigenvalue weighted by molar-refractivity contribution is 0.613. The fourth-order valence-electron chi connectivity index (χ4n) is 1.35. The number of nitrogens with zero attached hydrogens (tertiary/aromatic N) is 2. The quantitative estimate of drug-likeness (QED) is 0.772. The van der Waals surface area contributed by atoms with Gasteiger partial charge in [-0.15, -0.1) is 12.4 Å². The Labute approximate surface area is 87.7 Å². The van der Waals surface area contributed by atoms with Gasteiger partial charge in [-0.3, -0.25) is 0 Å². The molecule has 1 aromatic heterocycles. The standard InChI is InChI=1S/C8H11FN4.ClH/c9-6-3-11-8(12-4-6)13-7-1-2-10-5-7;/h3-4,7,10H,1-2,5H2,(H,11,12,13);1H/t7-;/m1./s1. The Morgan fingerprint density at radius 1 is 1.43 bits per heavy atom. The molecule has 0 radical (unpaired) electrons. The zero-order valence-corrected chi connectivity index (χ0v) is 8.35. The molecule has 1 aliphatic heterocycles. The smallest absolute Gasteiger partial charge is 0.223 e. The van der Waals surface area contributed by atoms with Crippen LogP contribution in [0.25, 0.3) is 0 Å². The highest BCUT2D eigenvalue weighted by atomic mass is 35.5. The largest absolute Gasteiger partial charge is 0.350 e. The Balaban J connectivity index is 0.000000980. The Morgan fingerprint density at radius 3 is 2.71 bits per heavy atom. The van der Waals surface area contributed by atoms with Crippen LogP contribution in [0.5, 0.6) is 0 Å². The monoisotopic (exact) mass is 218 g/mol. The van der Waals surface area contributed by atoms with Crippen molar-refractivity contribution in [2.24, 2.45) is 0 Å². The van der Waals surface area contributed by atoms with Crippen LogP contribution in [0, 0.1) is 5.82 Å². The zero-order chi connectivity index (χ0) is 9.10. The SMILES string of the molecule is Cl.Fc1cnc(N[C@@H]2CCNC2)nc1. The van der Waals surface area contributed by atoms with Crippen molar-refractivity contribution in [1.29, 1.82) is 0 Å². The number of halogens is 2. The van der Waals surface area contributed by atoms with E-state index in [0.717, 1.165) is 31.9 Å². The molecule has 2 rings (SSSR count). The summed E-state index contributed by atoms with van der Waals surface area (Å²) >= 11 is 0. The van der Waals surface area contributed by atoms with Crippen LogP contribution in [0.2, 0.25) is 0 Å². The van der Waals surface area contributed by atoms with Crippen molar-refractivity contribution in [2.75, 3.05) is 18.4 Å². The molecule has 0 amide bonds. The van der Waals surface area contributed by atoms with Crippen molar-refractivity contribution < 1.29 is 4.39 Å². The van der Waals surface area contributed by atoms with Crippen molar-refractivity contribution in [1.82, 2.24) is 15.3 Å². The van der Waals surface area contributed by atoms with Crippen LogP contribution < -0.4 is 10.6 Å². The zero-order valence-electron chi connectivity index (χ0n) is 7.53. The maximum absolute atomic E-state index is 12.4. The van der Waals surface area contributed by atoms with E-state index in [1.165, 1.54) is 0 Å². The van der Waals surface area contributed by atoms with E-state index in [1.807, 2.05) is 0 Å². The Bertz CT molecular complexity index is 273. The Morgan fingerprint density at radius 2 is 2.14 bits per heavy atom. The van der Waals surface area contributed by atoms with Crippen molar-refractivity contribution in [3.05, 3.63) is 18.2 Å². The highest BCUT2D eigenvalue weighted by molar-refractivity contribution is 5.85.